The van der Waals surface area contributed by atoms with Crippen LogP contribution < -0.4 is 10.7 Å². The molecule has 2 amide bonds. The van der Waals surface area contributed by atoms with Gasteiger partial charge >= 0.3 is 0 Å². The topological polar surface area (TPSA) is 70.6 Å². The molecule has 0 aliphatic rings. The van der Waals surface area contributed by atoms with Gasteiger partial charge in [-0.1, -0.05) is 41.9 Å². The number of benzene rings is 2. The second kappa shape index (κ2) is 7.46. The SMILES string of the molecule is CC(=O)Nc1ccc(C=NNC(=O)c2sc3ccccc3c2Cl)cc1. The van der Waals surface area contributed by atoms with E-state index in [1.807, 2.05) is 24.3 Å². The predicted octanol–water partition coefficient (Wildman–Crippen LogP) is 4.28. The molecule has 0 unspecified atom stereocenters. The van der Waals surface area contributed by atoms with Crippen molar-refractivity contribution in [1.29, 1.82) is 0 Å². The first-order valence-corrected chi connectivity index (χ1v) is 8.62. The van der Waals surface area contributed by atoms with E-state index in [-0.39, 0.29) is 11.8 Å². The van der Waals surface area contributed by atoms with Crippen LogP contribution in [0, 0.1) is 0 Å². The third kappa shape index (κ3) is 4.04. The van der Waals surface area contributed by atoms with Gasteiger partial charge in [0, 0.05) is 22.7 Å². The summed E-state index contributed by atoms with van der Waals surface area (Å²) in [5, 5.41) is 7.93. The summed E-state index contributed by atoms with van der Waals surface area (Å²) in [6, 6.07) is 14.7. The van der Waals surface area contributed by atoms with E-state index in [0.717, 1.165) is 15.6 Å². The molecule has 7 heteroatoms. The minimum Gasteiger partial charge on any atom is -0.326 e. The number of carbonyl (C=O) groups excluding carboxylic acids is 2. The van der Waals surface area contributed by atoms with Gasteiger partial charge in [0.15, 0.2) is 0 Å². The van der Waals surface area contributed by atoms with Crippen molar-refractivity contribution in [3.63, 3.8) is 0 Å². The van der Waals surface area contributed by atoms with Crippen molar-refractivity contribution in [1.82, 2.24) is 5.43 Å². The Labute approximate surface area is 153 Å². The van der Waals surface area contributed by atoms with E-state index in [1.165, 1.54) is 24.5 Å². The van der Waals surface area contributed by atoms with Crippen LogP contribution in [-0.4, -0.2) is 18.0 Å². The number of carbonyl (C=O) groups is 2. The van der Waals surface area contributed by atoms with Gasteiger partial charge in [0.2, 0.25) is 5.91 Å². The van der Waals surface area contributed by atoms with Crippen LogP contribution in [0.3, 0.4) is 0 Å². The zero-order chi connectivity index (χ0) is 17.8. The lowest BCUT2D eigenvalue weighted by atomic mass is 10.2. The fourth-order valence-corrected chi connectivity index (χ4v) is 3.64. The summed E-state index contributed by atoms with van der Waals surface area (Å²) in [4.78, 5) is 23.7. The summed E-state index contributed by atoms with van der Waals surface area (Å²) in [5.74, 6) is -0.480. The van der Waals surface area contributed by atoms with Crippen molar-refractivity contribution in [2.24, 2.45) is 5.10 Å². The number of hydrogen-bond acceptors (Lipinski definition) is 4. The molecule has 0 saturated carbocycles. The lowest BCUT2D eigenvalue weighted by molar-refractivity contribution is -0.114. The van der Waals surface area contributed by atoms with Crippen LogP contribution in [0.4, 0.5) is 5.69 Å². The van der Waals surface area contributed by atoms with E-state index in [1.54, 1.807) is 24.3 Å². The lowest BCUT2D eigenvalue weighted by Gasteiger charge is -2.01. The van der Waals surface area contributed by atoms with Gasteiger partial charge in [-0.3, -0.25) is 9.59 Å². The molecular formula is C18H14ClN3O2S. The number of fused-ring (bicyclic) bond motifs is 1. The van der Waals surface area contributed by atoms with Crippen LogP contribution in [0.15, 0.2) is 53.6 Å². The molecule has 1 heterocycles. The minimum atomic E-state index is -0.350. The van der Waals surface area contributed by atoms with Gasteiger partial charge in [0.05, 0.1) is 11.2 Å². The molecule has 3 rings (SSSR count). The van der Waals surface area contributed by atoms with E-state index in [9.17, 15) is 9.59 Å². The van der Waals surface area contributed by atoms with Crippen LogP contribution in [0.25, 0.3) is 10.1 Å². The van der Waals surface area contributed by atoms with Crippen LogP contribution >= 0.6 is 22.9 Å². The van der Waals surface area contributed by atoms with Gasteiger partial charge in [0.1, 0.15) is 4.88 Å². The third-order valence-corrected chi connectivity index (χ3v) is 5.03. The fraction of sp³-hybridized carbons (Fsp3) is 0.0556. The maximum Gasteiger partial charge on any atom is 0.283 e. The van der Waals surface area contributed by atoms with E-state index < -0.39 is 0 Å². The van der Waals surface area contributed by atoms with E-state index in [0.29, 0.717) is 15.6 Å². The fourth-order valence-electron chi connectivity index (χ4n) is 2.23. The molecule has 2 N–H and O–H groups in total. The average molecular weight is 372 g/mol. The second-order valence-electron chi connectivity index (χ2n) is 5.24. The van der Waals surface area contributed by atoms with E-state index >= 15 is 0 Å². The molecule has 0 spiro atoms. The van der Waals surface area contributed by atoms with Crippen LogP contribution in [0.2, 0.25) is 5.02 Å². The Morgan fingerprint density at radius 2 is 1.84 bits per heavy atom. The highest BCUT2D eigenvalue weighted by Crippen LogP contribution is 2.34. The smallest absolute Gasteiger partial charge is 0.283 e. The first-order valence-electron chi connectivity index (χ1n) is 7.42. The van der Waals surface area contributed by atoms with Crippen molar-refractivity contribution in [3.8, 4) is 0 Å². The number of nitrogens with zero attached hydrogens (tertiary/aromatic N) is 1. The summed E-state index contributed by atoms with van der Waals surface area (Å²) in [7, 11) is 0. The van der Waals surface area contributed by atoms with Crippen molar-refractivity contribution in [3.05, 3.63) is 64.0 Å². The predicted molar refractivity (Wildman–Crippen MR) is 103 cm³/mol. The molecule has 5 nitrogen and oxygen atoms in total. The van der Waals surface area contributed by atoms with Crippen molar-refractivity contribution in [2.75, 3.05) is 5.32 Å². The molecule has 0 aliphatic carbocycles. The zero-order valence-electron chi connectivity index (χ0n) is 13.2. The highest BCUT2D eigenvalue weighted by atomic mass is 35.5. The van der Waals surface area contributed by atoms with Crippen LogP contribution in [0.5, 0.6) is 0 Å². The molecule has 0 atom stereocenters. The Hall–Kier alpha value is -2.70. The summed E-state index contributed by atoms with van der Waals surface area (Å²) in [6.45, 7) is 1.45. The normalized spacial score (nSPS) is 11.0. The maximum atomic E-state index is 12.3. The standard InChI is InChI=1S/C18H14ClN3O2S/c1-11(23)21-13-8-6-12(7-9-13)10-20-22-18(24)17-16(19)14-4-2-3-5-15(14)25-17/h2-10H,1H3,(H,21,23)(H,22,24). The van der Waals surface area contributed by atoms with Crippen molar-refractivity contribution in [2.45, 2.75) is 6.92 Å². The number of halogens is 1. The number of nitrogens with one attached hydrogen (secondary N) is 2. The first-order chi connectivity index (χ1) is 12.0. The Kier molecular flexibility index (Phi) is 5.11. The van der Waals surface area contributed by atoms with Crippen LogP contribution in [-0.2, 0) is 4.79 Å². The van der Waals surface area contributed by atoms with Gasteiger partial charge in [-0.2, -0.15) is 5.10 Å². The maximum absolute atomic E-state index is 12.3. The average Bonchev–Trinajstić information content (AvgIpc) is 2.93. The van der Waals surface area contributed by atoms with Gasteiger partial charge in [-0.25, -0.2) is 5.43 Å². The lowest BCUT2D eigenvalue weighted by Crippen LogP contribution is -2.16. The van der Waals surface area contributed by atoms with Crippen molar-refractivity contribution >= 4 is 56.7 Å². The highest BCUT2D eigenvalue weighted by Gasteiger charge is 2.16. The quantitative estimate of drug-likeness (QED) is 0.531. The Bertz CT molecular complexity index is 964. The molecule has 1 aromatic heterocycles. The number of anilines is 1. The van der Waals surface area contributed by atoms with Crippen molar-refractivity contribution < 1.29 is 9.59 Å². The summed E-state index contributed by atoms with van der Waals surface area (Å²) in [5.41, 5.74) is 3.97. The number of hydrogen-bond donors (Lipinski definition) is 2. The molecule has 0 saturated heterocycles. The molecule has 0 bridgehead atoms. The molecule has 0 aliphatic heterocycles. The van der Waals surface area contributed by atoms with E-state index in [4.69, 9.17) is 11.6 Å². The van der Waals surface area contributed by atoms with Gasteiger partial charge in [-0.15, -0.1) is 11.3 Å². The number of hydrazone groups is 1. The summed E-state index contributed by atoms with van der Waals surface area (Å²) in [6.07, 6.45) is 1.52. The van der Waals surface area contributed by atoms with Gasteiger partial charge in [-0.05, 0) is 23.8 Å². The molecular weight excluding hydrogens is 358 g/mol. The number of amides is 2. The van der Waals surface area contributed by atoms with E-state index in [2.05, 4.69) is 15.8 Å². The minimum absolute atomic E-state index is 0.131. The monoisotopic (exact) mass is 371 g/mol. The summed E-state index contributed by atoms with van der Waals surface area (Å²) >= 11 is 7.60. The largest absolute Gasteiger partial charge is 0.326 e. The molecule has 2 aromatic carbocycles. The molecule has 25 heavy (non-hydrogen) atoms. The van der Waals surface area contributed by atoms with Gasteiger partial charge < -0.3 is 5.32 Å². The highest BCUT2D eigenvalue weighted by molar-refractivity contribution is 7.21. The number of rotatable bonds is 4. The summed E-state index contributed by atoms with van der Waals surface area (Å²) < 4.78 is 0.954. The molecule has 0 fully saturated rings. The zero-order valence-corrected chi connectivity index (χ0v) is 14.8. The van der Waals surface area contributed by atoms with Gasteiger partial charge in [0.25, 0.3) is 5.91 Å². The number of thiophene rings is 1. The second-order valence-corrected chi connectivity index (χ2v) is 6.67. The van der Waals surface area contributed by atoms with Crippen LogP contribution in [0.1, 0.15) is 22.2 Å². The molecule has 3 aromatic rings. The third-order valence-electron chi connectivity index (χ3n) is 3.35. The molecule has 126 valence electrons. The molecule has 0 radical (unpaired) electrons. The Morgan fingerprint density at radius 1 is 1.12 bits per heavy atom. The Morgan fingerprint density at radius 3 is 2.52 bits per heavy atom. The Balaban J connectivity index is 1.67. The first kappa shape index (κ1) is 17.1.